The van der Waals surface area contributed by atoms with E-state index in [2.05, 4.69) is 27.9 Å². The lowest BCUT2D eigenvalue weighted by Gasteiger charge is -2.27. The number of hydrogen-bond donors (Lipinski definition) is 1. The van der Waals surface area contributed by atoms with Gasteiger partial charge < -0.3 is 10.2 Å². The molecule has 110 valence electrons. The minimum absolute atomic E-state index is 0.0696. The highest BCUT2D eigenvalue weighted by atomic mass is 127. The van der Waals surface area contributed by atoms with Crippen LogP contribution in [0.2, 0.25) is 0 Å². The summed E-state index contributed by atoms with van der Waals surface area (Å²) in [5.74, 6) is 0.241. The molecule has 1 aliphatic heterocycles. The van der Waals surface area contributed by atoms with Crippen molar-refractivity contribution in [1.29, 1.82) is 0 Å². The molecule has 1 atom stereocenters. The third-order valence-corrected chi connectivity index (χ3v) is 6.06. The number of sulfone groups is 1. The number of halogens is 1. The fourth-order valence-electron chi connectivity index (χ4n) is 2.34. The molecule has 0 saturated carbocycles. The zero-order valence-corrected chi connectivity index (χ0v) is 14.1. The van der Waals surface area contributed by atoms with Crippen molar-refractivity contribution in [3.63, 3.8) is 0 Å². The van der Waals surface area contributed by atoms with Gasteiger partial charge in [-0.3, -0.25) is 0 Å². The number of nitrogens with zero attached hydrogens (tertiary/aromatic N) is 1. The molecule has 1 saturated heterocycles. The average molecular weight is 408 g/mol. The highest BCUT2D eigenvalue weighted by Crippen LogP contribution is 2.21. The van der Waals surface area contributed by atoms with Gasteiger partial charge in [-0.1, -0.05) is 12.1 Å². The van der Waals surface area contributed by atoms with Gasteiger partial charge in [-0.15, -0.1) is 0 Å². The Bertz CT molecular complexity index is 603. The highest BCUT2D eigenvalue weighted by Gasteiger charge is 2.34. The van der Waals surface area contributed by atoms with E-state index >= 15 is 0 Å². The first-order chi connectivity index (χ1) is 9.43. The summed E-state index contributed by atoms with van der Waals surface area (Å²) in [6.45, 7) is 2.36. The summed E-state index contributed by atoms with van der Waals surface area (Å²) in [6.07, 6.45) is 0.523. The number of rotatable bonds is 3. The summed E-state index contributed by atoms with van der Waals surface area (Å²) in [6, 6.07) is 7.04. The van der Waals surface area contributed by atoms with E-state index in [0.717, 1.165) is 9.26 Å². The quantitative estimate of drug-likeness (QED) is 0.781. The minimum atomic E-state index is -2.99. The van der Waals surface area contributed by atoms with Gasteiger partial charge >= 0.3 is 6.03 Å². The topological polar surface area (TPSA) is 66.5 Å². The Morgan fingerprint density at radius 1 is 1.45 bits per heavy atom. The van der Waals surface area contributed by atoms with Crippen molar-refractivity contribution < 1.29 is 13.2 Å². The molecular weight excluding hydrogens is 391 g/mol. The SMILES string of the molecule is CCN(C(=O)Nc1ccccc1I)C1CCS(=O)(=O)C1. The van der Waals surface area contributed by atoms with E-state index < -0.39 is 9.84 Å². The third-order valence-electron chi connectivity index (χ3n) is 3.37. The van der Waals surface area contributed by atoms with Crippen LogP contribution >= 0.6 is 22.6 Å². The van der Waals surface area contributed by atoms with E-state index in [9.17, 15) is 13.2 Å². The summed E-state index contributed by atoms with van der Waals surface area (Å²) >= 11 is 2.15. The Balaban J connectivity index is 2.09. The highest BCUT2D eigenvalue weighted by molar-refractivity contribution is 14.1. The molecule has 0 spiro atoms. The third kappa shape index (κ3) is 3.63. The van der Waals surface area contributed by atoms with Crippen molar-refractivity contribution in [1.82, 2.24) is 4.90 Å². The monoisotopic (exact) mass is 408 g/mol. The number of nitrogens with one attached hydrogen (secondary N) is 1. The average Bonchev–Trinajstić information content (AvgIpc) is 2.73. The van der Waals surface area contributed by atoms with Crippen molar-refractivity contribution >= 4 is 44.1 Å². The fraction of sp³-hybridized carbons (Fsp3) is 0.462. The number of hydrogen-bond acceptors (Lipinski definition) is 3. The second-order valence-corrected chi connectivity index (χ2v) is 8.14. The Kier molecular flexibility index (Phi) is 4.90. The molecule has 1 aliphatic rings. The summed E-state index contributed by atoms with van der Waals surface area (Å²) < 4.78 is 24.0. The summed E-state index contributed by atoms with van der Waals surface area (Å²) in [5, 5.41) is 2.85. The largest absolute Gasteiger partial charge is 0.322 e. The molecule has 1 unspecified atom stereocenters. The molecule has 7 heteroatoms. The van der Waals surface area contributed by atoms with E-state index in [-0.39, 0.29) is 23.6 Å². The van der Waals surface area contributed by atoms with Gasteiger partial charge in [-0.2, -0.15) is 0 Å². The second-order valence-electron chi connectivity index (χ2n) is 4.75. The van der Waals surface area contributed by atoms with Crippen LogP contribution in [0.5, 0.6) is 0 Å². The smallest absolute Gasteiger partial charge is 0.321 e. The van der Waals surface area contributed by atoms with E-state index in [0.29, 0.717) is 13.0 Å². The molecule has 2 amide bonds. The maximum absolute atomic E-state index is 12.3. The molecule has 5 nitrogen and oxygen atoms in total. The van der Waals surface area contributed by atoms with Crippen molar-refractivity contribution in [2.24, 2.45) is 0 Å². The van der Waals surface area contributed by atoms with Crippen LogP contribution in [0.3, 0.4) is 0 Å². The molecule has 0 bridgehead atoms. The van der Waals surface area contributed by atoms with Gasteiger partial charge in [0.05, 0.1) is 17.2 Å². The normalized spacial score (nSPS) is 20.6. The second kappa shape index (κ2) is 6.30. The van der Waals surface area contributed by atoms with Crippen LogP contribution in [0, 0.1) is 3.57 Å². The molecule has 20 heavy (non-hydrogen) atoms. The number of amides is 2. The Morgan fingerprint density at radius 2 is 2.15 bits per heavy atom. The Hall–Kier alpha value is -0.830. The maximum atomic E-state index is 12.3. The van der Waals surface area contributed by atoms with E-state index in [1.807, 2.05) is 31.2 Å². The predicted octanol–water partition coefficient (Wildman–Crippen LogP) is 2.33. The van der Waals surface area contributed by atoms with Crippen LogP contribution in [-0.4, -0.2) is 43.4 Å². The van der Waals surface area contributed by atoms with Crippen molar-refractivity contribution in [2.45, 2.75) is 19.4 Å². The van der Waals surface area contributed by atoms with E-state index in [4.69, 9.17) is 0 Å². The Labute approximate surface area is 132 Å². The van der Waals surface area contributed by atoms with Crippen LogP contribution < -0.4 is 5.32 Å². The fourth-order valence-corrected chi connectivity index (χ4v) is 4.59. The van der Waals surface area contributed by atoms with Gasteiger partial charge in [0.2, 0.25) is 0 Å². The lowest BCUT2D eigenvalue weighted by Crippen LogP contribution is -2.43. The molecular formula is C13H17IN2O3S. The molecule has 1 heterocycles. The first-order valence-electron chi connectivity index (χ1n) is 6.45. The van der Waals surface area contributed by atoms with Crippen LogP contribution in [0.4, 0.5) is 10.5 Å². The molecule has 2 rings (SSSR count). The summed E-state index contributed by atoms with van der Waals surface area (Å²) in [7, 11) is -2.99. The predicted molar refractivity (Wildman–Crippen MR) is 87.6 cm³/mol. The first kappa shape index (κ1) is 15.6. The number of urea groups is 1. The van der Waals surface area contributed by atoms with Gasteiger partial charge in [0.1, 0.15) is 0 Å². The molecule has 1 N–H and O–H groups in total. The lowest BCUT2D eigenvalue weighted by molar-refractivity contribution is 0.197. The molecule has 1 aromatic rings. The lowest BCUT2D eigenvalue weighted by atomic mass is 10.2. The number of carbonyl (C=O) groups excluding carboxylic acids is 1. The number of carbonyl (C=O) groups is 1. The van der Waals surface area contributed by atoms with Gasteiger partial charge in [0.25, 0.3) is 0 Å². The van der Waals surface area contributed by atoms with Crippen LogP contribution in [0.15, 0.2) is 24.3 Å². The van der Waals surface area contributed by atoms with Crippen LogP contribution in [0.25, 0.3) is 0 Å². The summed E-state index contributed by atoms with van der Waals surface area (Å²) in [5.41, 5.74) is 0.748. The molecule has 0 radical (unpaired) electrons. The minimum Gasteiger partial charge on any atom is -0.321 e. The zero-order chi connectivity index (χ0) is 14.8. The standard InChI is InChI=1S/C13H17IN2O3S/c1-2-16(10-7-8-20(18,19)9-10)13(17)15-12-6-4-3-5-11(12)14/h3-6,10H,2,7-9H2,1H3,(H,15,17). The first-order valence-corrected chi connectivity index (χ1v) is 9.35. The molecule has 0 aromatic heterocycles. The van der Waals surface area contributed by atoms with Gasteiger partial charge in [-0.05, 0) is 48.1 Å². The molecule has 0 aliphatic carbocycles. The van der Waals surface area contributed by atoms with Crippen LogP contribution in [-0.2, 0) is 9.84 Å². The van der Waals surface area contributed by atoms with Crippen molar-refractivity contribution in [2.75, 3.05) is 23.4 Å². The van der Waals surface area contributed by atoms with E-state index in [1.165, 1.54) is 0 Å². The van der Waals surface area contributed by atoms with Crippen molar-refractivity contribution in [3.05, 3.63) is 27.8 Å². The Morgan fingerprint density at radius 3 is 2.70 bits per heavy atom. The zero-order valence-electron chi connectivity index (χ0n) is 11.2. The van der Waals surface area contributed by atoms with Gasteiger partial charge in [-0.25, -0.2) is 13.2 Å². The number of benzene rings is 1. The number of anilines is 1. The molecule has 1 aromatic carbocycles. The van der Waals surface area contributed by atoms with Crippen molar-refractivity contribution in [3.8, 4) is 0 Å². The van der Waals surface area contributed by atoms with Gasteiger partial charge in [0, 0.05) is 16.2 Å². The molecule has 1 fully saturated rings. The summed E-state index contributed by atoms with van der Waals surface area (Å²) in [4.78, 5) is 13.9. The number of para-hydroxylation sites is 1. The van der Waals surface area contributed by atoms with E-state index in [1.54, 1.807) is 4.90 Å². The van der Waals surface area contributed by atoms with Crippen LogP contribution in [0.1, 0.15) is 13.3 Å². The van der Waals surface area contributed by atoms with Gasteiger partial charge in [0.15, 0.2) is 9.84 Å². The maximum Gasteiger partial charge on any atom is 0.322 e.